The van der Waals surface area contributed by atoms with Crippen LogP contribution in [0.3, 0.4) is 0 Å². The van der Waals surface area contributed by atoms with Crippen LogP contribution in [0, 0.1) is 0 Å². The first-order chi connectivity index (χ1) is 6.84. The molecule has 0 aliphatic rings. The maximum Gasteiger partial charge on any atom is 0.278 e. The lowest BCUT2D eigenvalue weighted by Gasteiger charge is -2.21. The van der Waals surface area contributed by atoms with Crippen molar-refractivity contribution < 1.29 is 14.2 Å². The van der Waals surface area contributed by atoms with Gasteiger partial charge in [0.1, 0.15) is 5.54 Å². The number of anilines is 1. The largest absolute Gasteiger partial charge is 0.379 e. The Morgan fingerprint density at radius 2 is 2.00 bits per heavy atom. The number of nitrogen functional groups attached to an aromatic ring is 1. The third-order valence-electron chi connectivity index (χ3n) is 1.77. The molecule has 0 fully saturated rings. The Morgan fingerprint density at radius 3 is 2.40 bits per heavy atom. The van der Waals surface area contributed by atoms with Crippen molar-refractivity contribution in [2.45, 2.75) is 19.4 Å². The first kappa shape index (κ1) is 11.0. The third-order valence-corrected chi connectivity index (χ3v) is 1.77. The Labute approximate surface area is 84.9 Å². The topological polar surface area (TPSA) is 137 Å². The van der Waals surface area contributed by atoms with Crippen molar-refractivity contribution in [1.29, 1.82) is 0 Å². The Hall–Kier alpha value is -2.12. The molecule has 1 rings (SSSR count). The van der Waals surface area contributed by atoms with E-state index < -0.39 is 17.4 Å². The minimum atomic E-state index is -1.19. The number of carbonyl (C=O) groups excluding carboxylic acids is 2. The van der Waals surface area contributed by atoms with E-state index in [0.717, 1.165) is 0 Å². The molecule has 8 nitrogen and oxygen atoms in total. The van der Waals surface area contributed by atoms with Crippen LogP contribution < -0.4 is 16.8 Å². The van der Waals surface area contributed by atoms with E-state index in [1.54, 1.807) is 0 Å². The molecule has 0 bridgehead atoms. The predicted molar refractivity (Wildman–Crippen MR) is 49.4 cm³/mol. The zero-order valence-electron chi connectivity index (χ0n) is 8.27. The Morgan fingerprint density at radius 1 is 1.40 bits per heavy atom. The van der Waals surface area contributed by atoms with Gasteiger partial charge in [0.15, 0.2) is 0 Å². The highest BCUT2D eigenvalue weighted by atomic mass is 16.6. The molecule has 0 aliphatic heterocycles. The number of hydrogen-bond donors (Lipinski definition) is 3. The minimum Gasteiger partial charge on any atom is -0.379 e. The summed E-state index contributed by atoms with van der Waals surface area (Å²) in [5, 5.41) is 8.85. The molecule has 1 aromatic heterocycles. The van der Waals surface area contributed by atoms with Gasteiger partial charge < -0.3 is 16.8 Å². The van der Waals surface area contributed by atoms with E-state index in [1.165, 1.54) is 13.8 Å². The second kappa shape index (κ2) is 3.56. The van der Waals surface area contributed by atoms with E-state index >= 15 is 0 Å². The van der Waals surface area contributed by atoms with Gasteiger partial charge in [-0.2, -0.15) is 0 Å². The van der Waals surface area contributed by atoms with Crippen LogP contribution in [-0.2, 0) is 4.79 Å². The van der Waals surface area contributed by atoms with Crippen LogP contribution in [0.2, 0.25) is 0 Å². The minimum absolute atomic E-state index is 0.146. The second-order valence-electron chi connectivity index (χ2n) is 3.44. The molecule has 0 saturated carbocycles. The summed E-state index contributed by atoms with van der Waals surface area (Å²) in [4.78, 5) is 22.4. The SMILES string of the molecule is CC(C)(NC(=O)c1nonc1N)C(N)=O. The summed E-state index contributed by atoms with van der Waals surface area (Å²) in [6.07, 6.45) is 0. The van der Waals surface area contributed by atoms with Gasteiger partial charge in [-0.25, -0.2) is 4.63 Å². The first-order valence-electron chi connectivity index (χ1n) is 4.05. The molecule has 0 atom stereocenters. The van der Waals surface area contributed by atoms with E-state index in [2.05, 4.69) is 20.3 Å². The lowest BCUT2D eigenvalue weighted by atomic mass is 10.1. The lowest BCUT2D eigenvalue weighted by molar-refractivity contribution is -0.122. The number of aromatic nitrogens is 2. The smallest absolute Gasteiger partial charge is 0.278 e. The number of carbonyl (C=O) groups is 2. The van der Waals surface area contributed by atoms with Gasteiger partial charge in [-0.3, -0.25) is 9.59 Å². The molecule has 8 heteroatoms. The number of hydrogen-bond acceptors (Lipinski definition) is 6. The van der Waals surface area contributed by atoms with Crippen molar-refractivity contribution in [2.24, 2.45) is 5.73 Å². The van der Waals surface area contributed by atoms with Crippen LogP contribution in [0.25, 0.3) is 0 Å². The van der Waals surface area contributed by atoms with Crippen molar-refractivity contribution in [3.63, 3.8) is 0 Å². The fraction of sp³-hybridized carbons (Fsp3) is 0.429. The Balaban J connectivity index is 2.81. The quantitative estimate of drug-likeness (QED) is 0.567. The number of rotatable bonds is 3. The molecule has 0 aliphatic carbocycles. The van der Waals surface area contributed by atoms with Crippen molar-refractivity contribution in [2.75, 3.05) is 5.73 Å². The van der Waals surface area contributed by atoms with Gasteiger partial charge in [-0.15, -0.1) is 0 Å². The van der Waals surface area contributed by atoms with Gasteiger partial charge in [-0.05, 0) is 24.2 Å². The highest BCUT2D eigenvalue weighted by Gasteiger charge is 2.29. The van der Waals surface area contributed by atoms with Gasteiger partial charge in [0, 0.05) is 0 Å². The van der Waals surface area contributed by atoms with Gasteiger partial charge in [0.05, 0.1) is 0 Å². The molecule has 0 spiro atoms. The molecular weight excluding hydrogens is 202 g/mol. The van der Waals surface area contributed by atoms with Crippen LogP contribution in [0.4, 0.5) is 5.82 Å². The zero-order valence-corrected chi connectivity index (χ0v) is 8.27. The predicted octanol–water partition coefficient (Wildman–Crippen LogP) is -1.35. The summed E-state index contributed by atoms with van der Waals surface area (Å²) in [6.45, 7) is 2.91. The summed E-state index contributed by atoms with van der Waals surface area (Å²) >= 11 is 0. The van der Waals surface area contributed by atoms with E-state index in [-0.39, 0.29) is 11.5 Å². The maximum absolute atomic E-state index is 11.5. The number of amides is 2. The third kappa shape index (κ3) is 2.22. The second-order valence-corrected chi connectivity index (χ2v) is 3.44. The number of nitrogens with two attached hydrogens (primary N) is 2. The van der Waals surface area contributed by atoms with E-state index in [0.29, 0.717) is 0 Å². The fourth-order valence-electron chi connectivity index (χ4n) is 0.758. The van der Waals surface area contributed by atoms with E-state index in [1.807, 2.05) is 0 Å². The number of nitrogens with one attached hydrogen (secondary N) is 1. The summed E-state index contributed by atoms with van der Waals surface area (Å²) in [5.74, 6) is -1.49. The zero-order chi connectivity index (χ0) is 11.6. The van der Waals surface area contributed by atoms with Crippen LogP contribution >= 0.6 is 0 Å². The van der Waals surface area contributed by atoms with Crippen molar-refractivity contribution >= 4 is 17.6 Å². The van der Waals surface area contributed by atoms with Gasteiger partial charge in [0.25, 0.3) is 5.91 Å². The molecule has 2 amide bonds. The molecule has 1 heterocycles. The van der Waals surface area contributed by atoms with Crippen molar-refractivity contribution in [1.82, 2.24) is 15.6 Å². The first-order valence-corrected chi connectivity index (χ1v) is 4.05. The maximum atomic E-state index is 11.5. The monoisotopic (exact) mass is 213 g/mol. The van der Waals surface area contributed by atoms with Gasteiger partial charge in [0.2, 0.25) is 17.4 Å². The molecular formula is C7H11N5O3. The molecule has 5 N–H and O–H groups in total. The Bertz CT molecular complexity index is 397. The van der Waals surface area contributed by atoms with Crippen LogP contribution in [0.1, 0.15) is 24.3 Å². The van der Waals surface area contributed by atoms with Crippen molar-refractivity contribution in [3.8, 4) is 0 Å². The normalized spacial score (nSPS) is 11.1. The molecule has 0 radical (unpaired) electrons. The van der Waals surface area contributed by atoms with E-state index in [9.17, 15) is 9.59 Å². The average molecular weight is 213 g/mol. The summed E-state index contributed by atoms with van der Waals surface area (Å²) in [5.41, 5.74) is 8.99. The summed E-state index contributed by atoms with van der Waals surface area (Å²) in [7, 11) is 0. The summed E-state index contributed by atoms with van der Waals surface area (Å²) < 4.78 is 4.24. The van der Waals surface area contributed by atoms with Crippen molar-refractivity contribution in [3.05, 3.63) is 5.69 Å². The van der Waals surface area contributed by atoms with Crippen LogP contribution in [0.5, 0.6) is 0 Å². The molecule has 15 heavy (non-hydrogen) atoms. The molecule has 0 aromatic carbocycles. The molecule has 1 aromatic rings. The summed E-state index contributed by atoms with van der Waals surface area (Å²) in [6, 6.07) is 0. The molecule has 0 saturated heterocycles. The van der Waals surface area contributed by atoms with E-state index in [4.69, 9.17) is 11.5 Å². The van der Waals surface area contributed by atoms with Crippen LogP contribution in [0.15, 0.2) is 4.63 Å². The standard InChI is InChI=1S/C7H11N5O3/c1-7(2,6(9)14)10-5(13)3-4(8)12-15-11-3/h1-2H3,(H2,8,12)(H2,9,14)(H,10,13). The van der Waals surface area contributed by atoms with Gasteiger partial charge in [-0.1, -0.05) is 0 Å². The lowest BCUT2D eigenvalue weighted by Crippen LogP contribution is -2.53. The molecule has 82 valence electrons. The molecule has 0 unspecified atom stereocenters. The highest BCUT2D eigenvalue weighted by Crippen LogP contribution is 2.07. The fourth-order valence-corrected chi connectivity index (χ4v) is 0.758. The number of primary amides is 1. The average Bonchev–Trinajstić information content (AvgIpc) is 2.50. The number of nitrogens with zero attached hydrogens (tertiary/aromatic N) is 2. The van der Waals surface area contributed by atoms with Crippen LogP contribution in [-0.4, -0.2) is 27.7 Å². The highest BCUT2D eigenvalue weighted by molar-refractivity contribution is 5.99. The Kier molecular flexibility index (Phi) is 2.60. The van der Waals surface area contributed by atoms with Gasteiger partial charge >= 0.3 is 0 Å².